The van der Waals surface area contributed by atoms with E-state index in [1.54, 1.807) is 6.20 Å². The van der Waals surface area contributed by atoms with E-state index in [4.69, 9.17) is 14.4 Å². The fraction of sp³-hybridized carbons (Fsp3) is 0.500. The Hall–Kier alpha value is -1.91. The summed E-state index contributed by atoms with van der Waals surface area (Å²) in [5, 5.41) is 0. The van der Waals surface area contributed by atoms with Gasteiger partial charge in [0.05, 0.1) is 6.20 Å². The van der Waals surface area contributed by atoms with Crippen molar-refractivity contribution in [3.63, 3.8) is 0 Å². The molecule has 98 valence electrons. The van der Waals surface area contributed by atoms with E-state index in [9.17, 15) is 0 Å². The summed E-state index contributed by atoms with van der Waals surface area (Å²) >= 11 is 0. The van der Waals surface area contributed by atoms with Crippen molar-refractivity contribution in [2.75, 3.05) is 18.0 Å². The number of aryl methyl sites for hydroxylation is 2. The molecule has 1 fully saturated rings. The molecule has 0 radical (unpaired) electrons. The van der Waals surface area contributed by atoms with Crippen molar-refractivity contribution in [3.8, 4) is 11.5 Å². The van der Waals surface area contributed by atoms with Crippen molar-refractivity contribution in [2.24, 2.45) is 0 Å². The maximum atomic E-state index is 5.66. The number of anilines is 1. The van der Waals surface area contributed by atoms with E-state index in [0.717, 1.165) is 49.8 Å². The Morgan fingerprint density at radius 3 is 2.74 bits per heavy atom. The molecule has 2 aliphatic rings. The normalized spacial score (nSPS) is 17.4. The van der Waals surface area contributed by atoms with Crippen LogP contribution in [-0.2, 0) is 12.8 Å². The largest absolute Gasteiger partial charge is 0.439 e. The fourth-order valence-corrected chi connectivity index (χ4v) is 2.75. The van der Waals surface area contributed by atoms with Crippen molar-refractivity contribution >= 4 is 5.95 Å². The lowest BCUT2D eigenvalue weighted by atomic mass is 10.1. The van der Waals surface area contributed by atoms with Gasteiger partial charge in [0.2, 0.25) is 5.95 Å². The average molecular weight is 256 g/mol. The van der Waals surface area contributed by atoms with Crippen LogP contribution >= 0.6 is 0 Å². The van der Waals surface area contributed by atoms with Crippen LogP contribution in [0.3, 0.4) is 0 Å². The molecular formula is C14H16N4O. The maximum absolute atomic E-state index is 5.66. The third kappa shape index (κ3) is 1.72. The molecule has 5 nitrogen and oxygen atoms in total. The lowest BCUT2D eigenvalue weighted by molar-refractivity contribution is 0.531. The number of rotatable bonds is 2. The molecule has 0 aromatic carbocycles. The van der Waals surface area contributed by atoms with Crippen LogP contribution in [0.5, 0.6) is 0 Å². The van der Waals surface area contributed by atoms with E-state index >= 15 is 0 Å². The van der Waals surface area contributed by atoms with Crippen LogP contribution in [0.2, 0.25) is 0 Å². The Labute approximate surface area is 111 Å². The second-order valence-corrected chi connectivity index (χ2v) is 5.24. The van der Waals surface area contributed by atoms with Crippen molar-refractivity contribution in [3.05, 3.63) is 23.3 Å². The third-order valence-corrected chi connectivity index (χ3v) is 3.91. The van der Waals surface area contributed by atoms with Crippen LogP contribution in [0.25, 0.3) is 11.5 Å². The van der Waals surface area contributed by atoms with Gasteiger partial charge >= 0.3 is 0 Å². The second kappa shape index (κ2) is 4.05. The molecule has 2 aromatic rings. The second-order valence-electron chi connectivity index (χ2n) is 5.24. The maximum Gasteiger partial charge on any atom is 0.226 e. The van der Waals surface area contributed by atoms with Crippen LogP contribution in [0, 0.1) is 6.92 Å². The first kappa shape index (κ1) is 11.0. The third-order valence-electron chi connectivity index (χ3n) is 3.91. The topological polar surface area (TPSA) is 55.1 Å². The molecular weight excluding hydrogens is 240 g/mol. The summed E-state index contributed by atoms with van der Waals surface area (Å²) in [5.41, 5.74) is 3.39. The molecule has 0 amide bonds. The minimum atomic E-state index is 0.686. The lowest BCUT2D eigenvalue weighted by Crippen LogP contribution is -2.38. The van der Waals surface area contributed by atoms with Gasteiger partial charge in [0, 0.05) is 31.3 Å². The molecule has 1 saturated heterocycles. The fourth-order valence-electron chi connectivity index (χ4n) is 2.75. The Morgan fingerprint density at radius 1 is 1.16 bits per heavy atom. The molecule has 5 heteroatoms. The molecule has 0 saturated carbocycles. The zero-order valence-corrected chi connectivity index (χ0v) is 11.0. The number of fused-ring (bicyclic) bond motifs is 1. The van der Waals surface area contributed by atoms with Crippen molar-refractivity contribution < 1.29 is 4.42 Å². The van der Waals surface area contributed by atoms with Crippen LogP contribution in [0.15, 0.2) is 10.6 Å². The van der Waals surface area contributed by atoms with E-state index in [0.29, 0.717) is 5.89 Å². The molecule has 0 atom stereocenters. The van der Waals surface area contributed by atoms with Crippen LogP contribution in [-0.4, -0.2) is 28.0 Å². The van der Waals surface area contributed by atoms with Crippen LogP contribution < -0.4 is 4.90 Å². The lowest BCUT2D eigenvalue weighted by Gasteiger charge is -2.31. The van der Waals surface area contributed by atoms with Gasteiger partial charge in [0.25, 0.3) is 0 Å². The molecule has 0 spiro atoms. The molecule has 2 aromatic heterocycles. The smallest absolute Gasteiger partial charge is 0.226 e. The Kier molecular flexibility index (Phi) is 2.33. The van der Waals surface area contributed by atoms with Gasteiger partial charge in [-0.25, -0.2) is 15.0 Å². The van der Waals surface area contributed by atoms with Gasteiger partial charge < -0.3 is 9.32 Å². The predicted molar refractivity (Wildman–Crippen MR) is 71.1 cm³/mol. The number of hydrogen-bond donors (Lipinski definition) is 0. The van der Waals surface area contributed by atoms with E-state index in [1.807, 2.05) is 6.92 Å². The predicted octanol–water partition coefficient (Wildman–Crippen LogP) is 2.14. The van der Waals surface area contributed by atoms with Gasteiger partial charge in [-0.15, -0.1) is 0 Å². The SMILES string of the molecule is Cc1ncc(-c2nc(N3CCC3)nc3c2CCC3)o1. The summed E-state index contributed by atoms with van der Waals surface area (Å²) in [5.74, 6) is 2.32. The van der Waals surface area contributed by atoms with Crippen molar-refractivity contribution in [1.29, 1.82) is 0 Å². The summed E-state index contributed by atoms with van der Waals surface area (Å²) in [6, 6.07) is 0. The van der Waals surface area contributed by atoms with E-state index < -0.39 is 0 Å². The summed E-state index contributed by atoms with van der Waals surface area (Å²) in [6.45, 7) is 3.99. The van der Waals surface area contributed by atoms with Gasteiger partial charge in [-0.3, -0.25) is 0 Å². The molecule has 19 heavy (non-hydrogen) atoms. The Balaban J connectivity index is 1.85. The van der Waals surface area contributed by atoms with Gasteiger partial charge in [0.1, 0.15) is 5.69 Å². The highest BCUT2D eigenvalue weighted by Crippen LogP contribution is 2.32. The standard InChI is InChI=1S/C14H16N4O/c1-9-15-8-12(19-9)13-10-4-2-5-11(10)16-14(17-13)18-6-3-7-18/h8H,2-7H2,1H3. The monoisotopic (exact) mass is 256 g/mol. The quantitative estimate of drug-likeness (QED) is 0.824. The summed E-state index contributed by atoms with van der Waals surface area (Å²) in [6.07, 6.45) is 6.27. The highest BCUT2D eigenvalue weighted by Gasteiger charge is 2.25. The highest BCUT2D eigenvalue weighted by atomic mass is 16.4. The minimum Gasteiger partial charge on any atom is -0.439 e. The Morgan fingerprint density at radius 2 is 2.05 bits per heavy atom. The average Bonchev–Trinajstić information content (AvgIpc) is 2.94. The summed E-state index contributed by atoms with van der Waals surface area (Å²) in [7, 11) is 0. The van der Waals surface area contributed by atoms with Gasteiger partial charge in [-0.1, -0.05) is 0 Å². The molecule has 1 aliphatic heterocycles. The molecule has 3 heterocycles. The van der Waals surface area contributed by atoms with Crippen molar-refractivity contribution in [1.82, 2.24) is 15.0 Å². The van der Waals surface area contributed by atoms with Crippen molar-refractivity contribution in [2.45, 2.75) is 32.6 Å². The first-order valence-electron chi connectivity index (χ1n) is 6.89. The number of oxazole rings is 1. The minimum absolute atomic E-state index is 0.686. The van der Waals surface area contributed by atoms with Crippen LogP contribution in [0.4, 0.5) is 5.95 Å². The first-order valence-corrected chi connectivity index (χ1v) is 6.89. The van der Waals surface area contributed by atoms with Gasteiger partial charge in [-0.2, -0.15) is 0 Å². The van der Waals surface area contributed by atoms with Gasteiger partial charge in [0.15, 0.2) is 11.7 Å². The van der Waals surface area contributed by atoms with E-state index in [-0.39, 0.29) is 0 Å². The molecule has 0 N–H and O–H groups in total. The molecule has 0 bridgehead atoms. The van der Waals surface area contributed by atoms with E-state index in [2.05, 4.69) is 9.88 Å². The zero-order chi connectivity index (χ0) is 12.8. The molecule has 4 rings (SSSR count). The summed E-state index contributed by atoms with van der Waals surface area (Å²) in [4.78, 5) is 15.9. The zero-order valence-electron chi connectivity index (χ0n) is 11.0. The number of aromatic nitrogens is 3. The first-order chi connectivity index (χ1) is 9.31. The van der Waals surface area contributed by atoms with Gasteiger partial charge in [-0.05, 0) is 25.7 Å². The van der Waals surface area contributed by atoms with Crippen LogP contribution in [0.1, 0.15) is 30.0 Å². The molecule has 1 aliphatic carbocycles. The molecule has 0 unspecified atom stereocenters. The summed E-state index contributed by atoms with van der Waals surface area (Å²) < 4.78 is 5.66. The Bertz CT molecular complexity index is 630. The number of nitrogens with zero attached hydrogens (tertiary/aromatic N) is 4. The highest BCUT2D eigenvalue weighted by molar-refractivity contribution is 5.61. The van der Waals surface area contributed by atoms with E-state index in [1.165, 1.54) is 17.7 Å². The number of hydrogen-bond acceptors (Lipinski definition) is 5.